The van der Waals surface area contributed by atoms with Crippen LogP contribution in [0.5, 0.6) is 0 Å². The smallest absolute Gasteiger partial charge is 0.258 e. The summed E-state index contributed by atoms with van der Waals surface area (Å²) < 4.78 is 47.9. The van der Waals surface area contributed by atoms with Gasteiger partial charge in [-0.05, 0) is 6.92 Å². The van der Waals surface area contributed by atoms with Crippen molar-refractivity contribution < 1.29 is 22.1 Å². The minimum Gasteiger partial charge on any atom is -0.258 e. The van der Waals surface area contributed by atoms with Gasteiger partial charge in [-0.1, -0.05) is 0 Å². The number of nitro benzene ring substituents is 1. The van der Waals surface area contributed by atoms with Crippen molar-refractivity contribution in [2.24, 2.45) is 0 Å². The van der Waals surface area contributed by atoms with Gasteiger partial charge in [-0.3, -0.25) is 10.1 Å². The van der Waals surface area contributed by atoms with E-state index in [1.165, 1.54) is 0 Å². The van der Waals surface area contributed by atoms with Gasteiger partial charge in [0.15, 0.2) is 11.6 Å². The third kappa shape index (κ3) is 2.12. The Labute approximate surface area is 93.2 Å². The maximum atomic E-state index is 13.1. The number of rotatable bonds is 2. The van der Waals surface area contributed by atoms with Crippen molar-refractivity contribution in [3.8, 4) is 0 Å². The molecule has 0 saturated carbocycles. The molecule has 0 bridgehead atoms. The molecule has 0 atom stereocenters. The van der Waals surface area contributed by atoms with Gasteiger partial charge >= 0.3 is 0 Å². The Balaban J connectivity index is 3.74. The van der Waals surface area contributed by atoms with Crippen molar-refractivity contribution in [1.82, 2.24) is 0 Å². The Morgan fingerprint density at radius 1 is 1.38 bits per heavy atom. The van der Waals surface area contributed by atoms with E-state index in [0.717, 1.165) is 6.92 Å². The quantitative estimate of drug-likeness (QED) is 0.469. The summed E-state index contributed by atoms with van der Waals surface area (Å²) in [7, 11) is 0.232. The fourth-order valence-electron chi connectivity index (χ4n) is 1.05. The second kappa shape index (κ2) is 3.95. The highest BCUT2D eigenvalue weighted by Gasteiger charge is 2.27. The van der Waals surface area contributed by atoms with Gasteiger partial charge in [0.2, 0.25) is 0 Å². The van der Waals surface area contributed by atoms with Crippen molar-refractivity contribution in [3.05, 3.63) is 33.4 Å². The van der Waals surface area contributed by atoms with Crippen molar-refractivity contribution in [1.29, 1.82) is 0 Å². The zero-order valence-corrected chi connectivity index (χ0v) is 9.27. The molecule has 16 heavy (non-hydrogen) atoms. The highest BCUT2D eigenvalue weighted by atomic mass is 35.7. The van der Waals surface area contributed by atoms with E-state index in [2.05, 4.69) is 0 Å². The first-order chi connectivity index (χ1) is 7.16. The van der Waals surface area contributed by atoms with Crippen LogP contribution in [0.1, 0.15) is 5.56 Å². The predicted molar refractivity (Wildman–Crippen MR) is 50.8 cm³/mol. The molecule has 0 aliphatic carbocycles. The van der Waals surface area contributed by atoms with Crippen LogP contribution in [0.15, 0.2) is 11.0 Å². The monoisotopic (exact) mass is 271 g/mol. The molecule has 0 aliphatic heterocycles. The maximum absolute atomic E-state index is 13.1. The fourth-order valence-corrected chi connectivity index (χ4v) is 1.94. The molecular formula is C7H4ClF2NO4S. The molecule has 0 radical (unpaired) electrons. The Kier molecular flexibility index (Phi) is 3.15. The number of hydrogen-bond donors (Lipinski definition) is 0. The second-order valence-corrected chi connectivity index (χ2v) is 5.38. The molecule has 5 nitrogen and oxygen atoms in total. The molecule has 0 heterocycles. The minimum absolute atomic E-state index is 0.385. The zero-order chi connectivity index (χ0) is 12.7. The first kappa shape index (κ1) is 12.8. The van der Waals surface area contributed by atoms with Crippen LogP contribution in [-0.2, 0) is 9.05 Å². The molecule has 0 fully saturated rings. The molecule has 0 aromatic heterocycles. The minimum atomic E-state index is -4.58. The van der Waals surface area contributed by atoms with E-state index < -0.39 is 41.8 Å². The summed E-state index contributed by atoms with van der Waals surface area (Å²) in [5, 5.41) is 10.4. The zero-order valence-electron chi connectivity index (χ0n) is 7.70. The number of nitro groups is 1. The molecule has 1 aromatic carbocycles. The summed E-state index contributed by atoms with van der Waals surface area (Å²) in [6.45, 7) is 0.960. The topological polar surface area (TPSA) is 77.3 Å². The third-order valence-corrected chi connectivity index (χ3v) is 3.17. The van der Waals surface area contributed by atoms with Gasteiger partial charge in [0.25, 0.3) is 14.7 Å². The molecule has 0 aliphatic rings. The maximum Gasteiger partial charge on any atom is 0.276 e. The average Bonchev–Trinajstić information content (AvgIpc) is 2.11. The van der Waals surface area contributed by atoms with Crippen LogP contribution in [0, 0.1) is 28.7 Å². The number of halogens is 3. The lowest BCUT2D eigenvalue weighted by Gasteiger charge is -2.03. The largest absolute Gasteiger partial charge is 0.276 e. The molecule has 1 rings (SSSR count). The van der Waals surface area contributed by atoms with Crippen molar-refractivity contribution in [3.63, 3.8) is 0 Å². The van der Waals surface area contributed by atoms with Crippen LogP contribution >= 0.6 is 10.7 Å². The van der Waals surface area contributed by atoms with Gasteiger partial charge in [0.1, 0.15) is 4.90 Å². The van der Waals surface area contributed by atoms with E-state index in [1.54, 1.807) is 0 Å². The van der Waals surface area contributed by atoms with Crippen molar-refractivity contribution >= 4 is 25.4 Å². The Morgan fingerprint density at radius 3 is 2.25 bits per heavy atom. The van der Waals surface area contributed by atoms with Crippen molar-refractivity contribution in [2.45, 2.75) is 11.8 Å². The fraction of sp³-hybridized carbons (Fsp3) is 0.143. The Hall–Kier alpha value is -1.28. The standard InChI is InChI=1S/C7H4ClF2NO4S/c1-3-4(11(12)13)2-5(16(8,14)15)7(10)6(3)9/h2H,1H3. The van der Waals surface area contributed by atoms with Crippen LogP contribution in [0.25, 0.3) is 0 Å². The Morgan fingerprint density at radius 2 is 1.88 bits per heavy atom. The normalized spacial score (nSPS) is 11.5. The lowest BCUT2D eigenvalue weighted by Crippen LogP contribution is -2.04. The molecule has 88 valence electrons. The van der Waals surface area contributed by atoms with Gasteiger partial charge in [0, 0.05) is 16.7 Å². The average molecular weight is 272 g/mol. The molecule has 0 spiro atoms. The van der Waals surface area contributed by atoms with Crippen LogP contribution in [0.3, 0.4) is 0 Å². The SMILES string of the molecule is Cc1c([N+](=O)[O-])cc(S(=O)(=O)Cl)c(F)c1F. The van der Waals surface area contributed by atoms with E-state index in [-0.39, 0.29) is 0 Å². The lowest BCUT2D eigenvalue weighted by atomic mass is 10.2. The highest BCUT2D eigenvalue weighted by Crippen LogP contribution is 2.30. The molecule has 0 saturated heterocycles. The molecule has 0 amide bonds. The summed E-state index contributed by atoms with van der Waals surface area (Å²) in [5.41, 5.74) is -1.44. The first-order valence-electron chi connectivity index (χ1n) is 3.74. The van der Waals surface area contributed by atoms with Crippen molar-refractivity contribution in [2.75, 3.05) is 0 Å². The highest BCUT2D eigenvalue weighted by molar-refractivity contribution is 8.13. The number of benzene rings is 1. The van der Waals surface area contributed by atoms with Crippen LogP contribution in [0.2, 0.25) is 0 Å². The van der Waals surface area contributed by atoms with E-state index in [9.17, 15) is 27.3 Å². The molecule has 0 unspecified atom stereocenters. The molecule has 1 aromatic rings. The predicted octanol–water partition coefficient (Wildman–Crippen LogP) is 2.11. The lowest BCUT2D eigenvalue weighted by molar-refractivity contribution is -0.385. The first-order valence-corrected chi connectivity index (χ1v) is 6.05. The van der Waals surface area contributed by atoms with E-state index in [4.69, 9.17) is 10.7 Å². The molecular weight excluding hydrogens is 268 g/mol. The molecule has 9 heteroatoms. The van der Waals surface area contributed by atoms with Gasteiger partial charge in [-0.15, -0.1) is 0 Å². The van der Waals surface area contributed by atoms with Crippen LogP contribution < -0.4 is 0 Å². The molecule has 0 N–H and O–H groups in total. The third-order valence-electron chi connectivity index (χ3n) is 1.85. The second-order valence-electron chi connectivity index (χ2n) is 2.84. The summed E-state index contributed by atoms with van der Waals surface area (Å²) in [4.78, 5) is 8.17. The van der Waals surface area contributed by atoms with Crippen LogP contribution in [-0.4, -0.2) is 13.3 Å². The van der Waals surface area contributed by atoms with Gasteiger partial charge in [0.05, 0.1) is 10.5 Å². The van der Waals surface area contributed by atoms with E-state index >= 15 is 0 Å². The summed E-state index contributed by atoms with van der Waals surface area (Å²) in [6.07, 6.45) is 0. The van der Waals surface area contributed by atoms with E-state index in [0.29, 0.717) is 6.07 Å². The summed E-state index contributed by atoms with van der Waals surface area (Å²) in [6, 6.07) is 0.385. The van der Waals surface area contributed by atoms with Gasteiger partial charge in [-0.2, -0.15) is 0 Å². The van der Waals surface area contributed by atoms with Gasteiger partial charge < -0.3 is 0 Å². The van der Waals surface area contributed by atoms with Crippen LogP contribution in [0.4, 0.5) is 14.5 Å². The van der Waals surface area contributed by atoms with E-state index in [1.807, 2.05) is 0 Å². The summed E-state index contributed by atoms with van der Waals surface area (Å²) >= 11 is 0. The number of hydrogen-bond acceptors (Lipinski definition) is 4. The number of nitrogens with zero attached hydrogens (tertiary/aromatic N) is 1. The van der Waals surface area contributed by atoms with Gasteiger partial charge in [-0.25, -0.2) is 17.2 Å². The Bertz CT molecular complexity index is 572. The summed E-state index contributed by atoms with van der Waals surface area (Å²) in [5.74, 6) is -3.33.